The third kappa shape index (κ3) is 5.83. The molecule has 0 aliphatic rings. The number of imidazole rings is 1. The van der Waals surface area contributed by atoms with E-state index < -0.39 is 11.5 Å². The van der Waals surface area contributed by atoms with Crippen molar-refractivity contribution in [3.63, 3.8) is 0 Å². The molecule has 3 aromatic carbocycles. The molecule has 9 heteroatoms. The molecule has 4 aromatic rings. The highest BCUT2D eigenvalue weighted by molar-refractivity contribution is 5.92. The predicted octanol–water partition coefficient (Wildman–Crippen LogP) is 3.98. The van der Waals surface area contributed by atoms with E-state index in [1.807, 2.05) is 55.4 Å². The molecule has 1 heterocycles. The SMILES string of the molecule is COc1ccc(CCn2c(CC(=O)Nc3ccc(N(C)C)cc3)c(O)n(-c3ccc(F)cc3)c2=O)cc1. The van der Waals surface area contributed by atoms with E-state index in [1.54, 1.807) is 19.2 Å². The Hall–Kier alpha value is -4.53. The number of amides is 1. The molecule has 0 unspecified atom stereocenters. The van der Waals surface area contributed by atoms with Crippen LogP contribution in [0.25, 0.3) is 5.69 Å². The van der Waals surface area contributed by atoms with Gasteiger partial charge in [-0.15, -0.1) is 0 Å². The molecule has 0 atom stereocenters. The molecule has 0 bridgehead atoms. The van der Waals surface area contributed by atoms with E-state index in [0.717, 1.165) is 21.6 Å². The van der Waals surface area contributed by atoms with Crippen molar-refractivity contribution in [1.82, 2.24) is 9.13 Å². The summed E-state index contributed by atoms with van der Waals surface area (Å²) in [6, 6.07) is 20.0. The minimum absolute atomic E-state index is 0.172. The summed E-state index contributed by atoms with van der Waals surface area (Å²) in [7, 11) is 5.43. The van der Waals surface area contributed by atoms with Gasteiger partial charge in [0, 0.05) is 32.0 Å². The van der Waals surface area contributed by atoms with Crippen LogP contribution in [0.15, 0.2) is 77.6 Å². The number of ether oxygens (including phenoxy) is 1. The van der Waals surface area contributed by atoms with E-state index in [-0.39, 0.29) is 30.4 Å². The molecule has 0 radical (unpaired) electrons. The van der Waals surface area contributed by atoms with Gasteiger partial charge < -0.3 is 20.1 Å². The molecule has 1 aromatic heterocycles. The monoisotopic (exact) mass is 504 g/mol. The van der Waals surface area contributed by atoms with Crippen LogP contribution in [0.1, 0.15) is 11.3 Å². The summed E-state index contributed by atoms with van der Waals surface area (Å²) < 4.78 is 21.1. The van der Waals surface area contributed by atoms with Crippen LogP contribution in [-0.2, 0) is 24.2 Å². The maximum Gasteiger partial charge on any atom is 0.335 e. The van der Waals surface area contributed by atoms with Gasteiger partial charge in [0.1, 0.15) is 11.6 Å². The number of nitrogens with zero attached hydrogens (tertiary/aromatic N) is 3. The van der Waals surface area contributed by atoms with Crippen molar-refractivity contribution in [3.8, 4) is 17.3 Å². The third-order valence-corrected chi connectivity index (χ3v) is 6.08. The number of nitrogens with one attached hydrogen (secondary N) is 1. The van der Waals surface area contributed by atoms with Crippen molar-refractivity contribution >= 4 is 17.3 Å². The number of aromatic nitrogens is 2. The van der Waals surface area contributed by atoms with Crippen molar-refractivity contribution in [2.24, 2.45) is 0 Å². The predicted molar refractivity (Wildman–Crippen MR) is 141 cm³/mol. The summed E-state index contributed by atoms with van der Waals surface area (Å²) in [6.45, 7) is 0.229. The molecule has 0 aliphatic carbocycles. The molecular weight excluding hydrogens is 475 g/mol. The number of methoxy groups -OCH3 is 1. The lowest BCUT2D eigenvalue weighted by atomic mass is 10.1. The summed E-state index contributed by atoms with van der Waals surface area (Å²) in [5.41, 5.74) is 2.49. The standard InChI is InChI=1S/C28H29FN4O4/c1-31(2)22-12-8-21(9-13-22)30-26(34)18-25-27(35)33(23-10-6-20(29)7-11-23)28(36)32(25)17-16-19-4-14-24(37-3)15-5-19/h4-15,35H,16-18H2,1-3H3,(H,30,34). The average Bonchev–Trinajstić information content (AvgIpc) is 3.12. The van der Waals surface area contributed by atoms with Crippen LogP contribution in [0.5, 0.6) is 11.6 Å². The van der Waals surface area contributed by atoms with Gasteiger partial charge in [-0.3, -0.25) is 9.36 Å². The Kier molecular flexibility index (Phi) is 7.62. The zero-order valence-corrected chi connectivity index (χ0v) is 20.9. The maximum absolute atomic E-state index is 13.5. The lowest BCUT2D eigenvalue weighted by Gasteiger charge is -2.13. The van der Waals surface area contributed by atoms with E-state index in [2.05, 4.69) is 5.32 Å². The number of carbonyl (C=O) groups is 1. The molecule has 1 amide bonds. The van der Waals surface area contributed by atoms with Crippen LogP contribution in [0.4, 0.5) is 15.8 Å². The number of halogens is 1. The third-order valence-electron chi connectivity index (χ3n) is 6.08. The smallest absolute Gasteiger partial charge is 0.335 e. The normalized spacial score (nSPS) is 10.8. The molecule has 4 rings (SSSR count). The molecule has 0 saturated carbocycles. The Morgan fingerprint density at radius 2 is 1.65 bits per heavy atom. The number of aromatic hydroxyl groups is 1. The van der Waals surface area contributed by atoms with Gasteiger partial charge in [-0.05, 0) is 72.6 Å². The summed E-state index contributed by atoms with van der Waals surface area (Å²) in [5.74, 6) is -0.487. The fraction of sp³-hybridized carbons (Fsp3) is 0.214. The number of anilines is 2. The van der Waals surface area contributed by atoms with Crippen LogP contribution in [0.3, 0.4) is 0 Å². The van der Waals surface area contributed by atoms with Gasteiger partial charge in [0.15, 0.2) is 0 Å². The fourth-order valence-electron chi connectivity index (χ4n) is 4.04. The van der Waals surface area contributed by atoms with Gasteiger partial charge in [-0.2, -0.15) is 0 Å². The van der Waals surface area contributed by atoms with E-state index in [1.165, 1.54) is 28.8 Å². The van der Waals surface area contributed by atoms with E-state index >= 15 is 0 Å². The van der Waals surface area contributed by atoms with E-state index in [0.29, 0.717) is 17.8 Å². The molecule has 0 spiro atoms. The second-order valence-electron chi connectivity index (χ2n) is 8.78. The number of rotatable bonds is 9. The van der Waals surface area contributed by atoms with Gasteiger partial charge in [-0.25, -0.2) is 13.8 Å². The van der Waals surface area contributed by atoms with Crippen molar-refractivity contribution < 1.29 is 19.0 Å². The summed E-state index contributed by atoms with van der Waals surface area (Å²) >= 11 is 0. The number of hydrogen-bond donors (Lipinski definition) is 2. The Morgan fingerprint density at radius 1 is 1.00 bits per heavy atom. The van der Waals surface area contributed by atoms with Crippen LogP contribution in [-0.4, -0.2) is 41.4 Å². The van der Waals surface area contributed by atoms with E-state index in [4.69, 9.17) is 4.74 Å². The molecule has 0 fully saturated rings. The average molecular weight is 505 g/mol. The van der Waals surface area contributed by atoms with Crippen LogP contribution >= 0.6 is 0 Å². The van der Waals surface area contributed by atoms with Crippen LogP contribution < -0.4 is 20.6 Å². The van der Waals surface area contributed by atoms with Crippen LogP contribution in [0, 0.1) is 5.82 Å². The van der Waals surface area contributed by atoms with Crippen molar-refractivity contribution in [1.29, 1.82) is 0 Å². The molecule has 192 valence electrons. The highest BCUT2D eigenvalue weighted by Crippen LogP contribution is 2.23. The first-order chi connectivity index (χ1) is 17.8. The highest BCUT2D eigenvalue weighted by atomic mass is 19.1. The summed E-state index contributed by atoms with van der Waals surface area (Å²) in [5, 5.41) is 13.9. The lowest BCUT2D eigenvalue weighted by Crippen LogP contribution is -2.26. The Morgan fingerprint density at radius 3 is 2.24 bits per heavy atom. The van der Waals surface area contributed by atoms with Gasteiger partial charge in [0.25, 0.3) is 0 Å². The quantitative estimate of drug-likeness (QED) is 0.360. The fourth-order valence-corrected chi connectivity index (χ4v) is 4.04. The Balaban J connectivity index is 1.63. The number of benzene rings is 3. The molecule has 8 nitrogen and oxygen atoms in total. The zero-order chi connectivity index (χ0) is 26.5. The largest absolute Gasteiger partial charge is 0.497 e. The minimum Gasteiger partial charge on any atom is -0.497 e. The number of hydrogen-bond acceptors (Lipinski definition) is 5. The summed E-state index contributed by atoms with van der Waals surface area (Å²) in [4.78, 5) is 28.3. The zero-order valence-electron chi connectivity index (χ0n) is 20.9. The first-order valence-corrected chi connectivity index (χ1v) is 11.8. The van der Waals surface area contributed by atoms with Crippen molar-refractivity contribution in [2.75, 3.05) is 31.4 Å². The second kappa shape index (κ2) is 11.0. The molecule has 0 aliphatic heterocycles. The topological polar surface area (TPSA) is 88.7 Å². The minimum atomic E-state index is -0.518. The Bertz CT molecular complexity index is 1420. The molecular formula is C28H29FN4O4. The Labute approximate surface area is 214 Å². The van der Waals surface area contributed by atoms with Gasteiger partial charge in [-0.1, -0.05) is 12.1 Å². The highest BCUT2D eigenvalue weighted by Gasteiger charge is 2.23. The number of carbonyl (C=O) groups excluding carboxylic acids is 1. The molecule has 37 heavy (non-hydrogen) atoms. The lowest BCUT2D eigenvalue weighted by molar-refractivity contribution is -0.115. The first-order valence-electron chi connectivity index (χ1n) is 11.8. The molecule has 0 saturated heterocycles. The second-order valence-corrected chi connectivity index (χ2v) is 8.78. The van der Waals surface area contributed by atoms with Gasteiger partial charge in [0.05, 0.1) is 24.9 Å². The molecule has 2 N–H and O–H groups in total. The summed E-state index contributed by atoms with van der Waals surface area (Å²) in [6.07, 6.45) is 0.255. The van der Waals surface area contributed by atoms with Gasteiger partial charge >= 0.3 is 5.69 Å². The van der Waals surface area contributed by atoms with Crippen molar-refractivity contribution in [2.45, 2.75) is 19.4 Å². The van der Waals surface area contributed by atoms with E-state index in [9.17, 15) is 19.1 Å². The van der Waals surface area contributed by atoms with Gasteiger partial charge in [0.2, 0.25) is 11.8 Å². The van der Waals surface area contributed by atoms with Crippen LogP contribution in [0.2, 0.25) is 0 Å². The maximum atomic E-state index is 13.5. The first kappa shape index (κ1) is 25.6. The number of aryl methyl sites for hydroxylation is 1. The van der Waals surface area contributed by atoms with Crippen molar-refractivity contribution in [3.05, 3.63) is 100 Å².